The molecule has 1 atom stereocenters. The number of nitrogen functional groups attached to an aromatic ring is 1. The maximum absolute atomic E-state index is 11.9. The summed E-state index contributed by atoms with van der Waals surface area (Å²) in [6.45, 7) is 2.25. The third-order valence-corrected chi connectivity index (χ3v) is 4.07. The Hall–Kier alpha value is -1.43. The molecule has 0 spiro atoms. The molecule has 0 aliphatic rings. The lowest BCUT2D eigenvalue weighted by molar-refractivity contribution is 0.267. The van der Waals surface area contributed by atoms with Crippen molar-refractivity contribution in [1.29, 1.82) is 0 Å². The summed E-state index contributed by atoms with van der Waals surface area (Å²) in [6, 6.07) is 4.40. The van der Waals surface area contributed by atoms with Gasteiger partial charge in [-0.1, -0.05) is 6.92 Å². The summed E-state index contributed by atoms with van der Waals surface area (Å²) in [7, 11) is -3.99. The van der Waals surface area contributed by atoms with Gasteiger partial charge in [0.25, 0.3) is 0 Å². The van der Waals surface area contributed by atoms with E-state index in [1.165, 1.54) is 6.07 Å². The molecular weight excluding hydrogens is 322 g/mol. The van der Waals surface area contributed by atoms with Crippen molar-refractivity contribution < 1.29 is 18.6 Å². The van der Waals surface area contributed by atoms with Gasteiger partial charge in [-0.05, 0) is 24.6 Å². The molecule has 1 aromatic carbocycles. The van der Waals surface area contributed by atoms with Crippen molar-refractivity contribution in [1.82, 2.24) is 10.7 Å². The van der Waals surface area contributed by atoms with Crippen molar-refractivity contribution >= 4 is 21.4 Å². The molecule has 10 heteroatoms. The van der Waals surface area contributed by atoms with Crippen LogP contribution in [-0.4, -0.2) is 51.1 Å². The number of hydrogen-bond donors (Lipinski definition) is 6. The number of primary sulfonamides is 1. The average molecular weight is 347 g/mol. The van der Waals surface area contributed by atoms with E-state index in [1.54, 1.807) is 17.1 Å². The van der Waals surface area contributed by atoms with E-state index in [9.17, 15) is 8.42 Å². The van der Waals surface area contributed by atoms with Crippen LogP contribution in [0.2, 0.25) is 0 Å². The SMILES string of the molecule is CCC(NCCO)N(NCCO)c1ccc(N)cc1S(N)(=O)=O. The van der Waals surface area contributed by atoms with E-state index < -0.39 is 10.0 Å². The number of nitrogens with two attached hydrogens (primary N) is 2. The van der Waals surface area contributed by atoms with E-state index in [4.69, 9.17) is 21.1 Å². The lowest BCUT2D eigenvalue weighted by Crippen LogP contribution is -2.54. The van der Waals surface area contributed by atoms with E-state index >= 15 is 0 Å². The number of hydrazine groups is 1. The number of aliphatic hydroxyl groups excluding tert-OH is 2. The fraction of sp³-hybridized carbons (Fsp3) is 0.538. The van der Waals surface area contributed by atoms with Crippen LogP contribution in [0.3, 0.4) is 0 Å². The second-order valence-corrected chi connectivity index (χ2v) is 6.41. The van der Waals surface area contributed by atoms with E-state index in [2.05, 4.69) is 10.7 Å². The summed E-state index contributed by atoms with van der Waals surface area (Å²) in [5.41, 5.74) is 9.21. The number of rotatable bonds is 10. The summed E-state index contributed by atoms with van der Waals surface area (Å²) in [5.74, 6) is 0. The van der Waals surface area contributed by atoms with Crippen LogP contribution < -0.4 is 26.6 Å². The van der Waals surface area contributed by atoms with Gasteiger partial charge in [-0.25, -0.2) is 19.0 Å². The fourth-order valence-electron chi connectivity index (χ4n) is 2.14. The summed E-state index contributed by atoms with van der Waals surface area (Å²) in [5, 5.41) is 28.0. The zero-order chi connectivity index (χ0) is 17.5. The molecule has 0 saturated heterocycles. The summed E-state index contributed by atoms with van der Waals surface area (Å²) < 4.78 is 23.7. The quantitative estimate of drug-likeness (QED) is 0.170. The normalized spacial score (nSPS) is 13.0. The van der Waals surface area contributed by atoms with Crippen LogP contribution in [0.1, 0.15) is 13.3 Å². The Kier molecular flexibility index (Phi) is 7.68. The van der Waals surface area contributed by atoms with Crippen LogP contribution in [0, 0.1) is 0 Å². The summed E-state index contributed by atoms with van der Waals surface area (Å²) >= 11 is 0. The molecular formula is C13H25N5O4S. The van der Waals surface area contributed by atoms with E-state index in [0.717, 1.165) is 0 Å². The van der Waals surface area contributed by atoms with Crippen LogP contribution in [0.4, 0.5) is 11.4 Å². The van der Waals surface area contributed by atoms with Gasteiger partial charge < -0.3 is 15.9 Å². The molecule has 0 heterocycles. The van der Waals surface area contributed by atoms with Gasteiger partial charge >= 0.3 is 0 Å². The molecule has 0 saturated carbocycles. The monoisotopic (exact) mass is 347 g/mol. The largest absolute Gasteiger partial charge is 0.399 e. The Morgan fingerprint density at radius 2 is 1.91 bits per heavy atom. The van der Waals surface area contributed by atoms with Crippen molar-refractivity contribution in [2.45, 2.75) is 24.4 Å². The van der Waals surface area contributed by atoms with Crippen LogP contribution in [0.25, 0.3) is 0 Å². The van der Waals surface area contributed by atoms with Crippen LogP contribution in [0.5, 0.6) is 0 Å². The zero-order valence-corrected chi connectivity index (χ0v) is 13.9. The van der Waals surface area contributed by atoms with Crippen molar-refractivity contribution in [3.8, 4) is 0 Å². The Morgan fingerprint density at radius 1 is 1.26 bits per heavy atom. The number of hydrogen-bond acceptors (Lipinski definition) is 8. The first kappa shape index (κ1) is 19.6. The molecule has 0 amide bonds. The lowest BCUT2D eigenvalue weighted by Gasteiger charge is -2.35. The molecule has 0 aliphatic heterocycles. The van der Waals surface area contributed by atoms with Gasteiger partial charge in [0.15, 0.2) is 0 Å². The predicted molar refractivity (Wildman–Crippen MR) is 89.0 cm³/mol. The van der Waals surface area contributed by atoms with Crippen molar-refractivity contribution in [3.63, 3.8) is 0 Å². The smallest absolute Gasteiger partial charge is 0.240 e. The van der Waals surface area contributed by atoms with Gasteiger partial charge in [0.2, 0.25) is 10.0 Å². The molecule has 0 fully saturated rings. The minimum atomic E-state index is -3.99. The van der Waals surface area contributed by atoms with Gasteiger partial charge in [-0.2, -0.15) is 0 Å². The first-order valence-electron chi connectivity index (χ1n) is 7.25. The van der Waals surface area contributed by atoms with E-state index in [-0.39, 0.29) is 36.5 Å². The number of anilines is 2. The van der Waals surface area contributed by atoms with E-state index in [1.807, 2.05) is 6.92 Å². The average Bonchev–Trinajstić information content (AvgIpc) is 2.50. The number of nitrogens with one attached hydrogen (secondary N) is 2. The summed E-state index contributed by atoms with van der Waals surface area (Å²) in [6.07, 6.45) is 0.283. The minimum Gasteiger partial charge on any atom is -0.399 e. The van der Waals surface area contributed by atoms with Crippen molar-refractivity contribution in [3.05, 3.63) is 18.2 Å². The Labute approximate surface area is 136 Å². The molecule has 0 aliphatic carbocycles. The molecule has 0 bridgehead atoms. The Balaban J connectivity index is 3.30. The topological polar surface area (TPSA) is 154 Å². The zero-order valence-electron chi connectivity index (χ0n) is 13.1. The van der Waals surface area contributed by atoms with Crippen LogP contribution >= 0.6 is 0 Å². The highest BCUT2D eigenvalue weighted by Gasteiger charge is 2.24. The standard InChI is InChI=1S/C13H25N5O4S/c1-2-13(16-5-7-19)18(17-6-8-20)11-4-3-10(14)9-12(11)23(15,21)22/h3-4,9,13,16-17,19-20H,2,5-8,14H2,1H3,(H2,15,21,22). The maximum Gasteiger partial charge on any atom is 0.240 e. The Morgan fingerprint density at radius 3 is 2.43 bits per heavy atom. The van der Waals surface area contributed by atoms with Gasteiger partial charge in [0, 0.05) is 18.8 Å². The highest BCUT2D eigenvalue weighted by Crippen LogP contribution is 2.27. The van der Waals surface area contributed by atoms with Gasteiger partial charge in [-0.3, -0.25) is 10.3 Å². The number of benzene rings is 1. The molecule has 1 aromatic rings. The first-order chi connectivity index (χ1) is 10.8. The molecule has 23 heavy (non-hydrogen) atoms. The molecule has 0 aromatic heterocycles. The van der Waals surface area contributed by atoms with Gasteiger partial charge in [0.05, 0.1) is 25.1 Å². The van der Waals surface area contributed by atoms with Crippen molar-refractivity contribution in [2.24, 2.45) is 5.14 Å². The molecule has 1 rings (SSSR count). The molecule has 1 unspecified atom stereocenters. The highest BCUT2D eigenvalue weighted by atomic mass is 32.2. The molecule has 132 valence electrons. The van der Waals surface area contributed by atoms with Crippen LogP contribution in [0.15, 0.2) is 23.1 Å². The number of aliphatic hydroxyl groups is 2. The summed E-state index contributed by atoms with van der Waals surface area (Å²) in [4.78, 5) is -0.118. The first-order valence-corrected chi connectivity index (χ1v) is 8.80. The minimum absolute atomic E-state index is 0.0614. The maximum atomic E-state index is 11.9. The number of nitrogens with zero attached hydrogens (tertiary/aromatic N) is 1. The second-order valence-electron chi connectivity index (χ2n) is 4.88. The second kappa shape index (κ2) is 9.01. The van der Waals surface area contributed by atoms with Crippen LogP contribution in [-0.2, 0) is 10.0 Å². The molecule has 8 N–H and O–H groups in total. The van der Waals surface area contributed by atoms with E-state index in [0.29, 0.717) is 18.7 Å². The Bertz CT molecular complexity index is 596. The lowest BCUT2D eigenvalue weighted by atomic mass is 10.2. The van der Waals surface area contributed by atoms with Gasteiger partial charge in [-0.15, -0.1) is 0 Å². The van der Waals surface area contributed by atoms with Gasteiger partial charge in [0.1, 0.15) is 4.90 Å². The third-order valence-electron chi connectivity index (χ3n) is 3.13. The molecule has 9 nitrogen and oxygen atoms in total. The van der Waals surface area contributed by atoms with Crippen molar-refractivity contribution in [2.75, 3.05) is 37.0 Å². The predicted octanol–water partition coefficient (Wildman–Crippen LogP) is -1.46. The molecule has 0 radical (unpaired) electrons. The highest BCUT2D eigenvalue weighted by molar-refractivity contribution is 7.89. The fourth-order valence-corrected chi connectivity index (χ4v) is 2.90. The number of sulfonamides is 1. The third kappa shape index (κ3) is 5.61.